The molecule has 2 aromatic carbocycles. The van der Waals surface area contributed by atoms with Crippen LogP contribution in [0.4, 0.5) is 5.69 Å². The molecular formula is C24H27N3O3. The lowest BCUT2D eigenvalue weighted by molar-refractivity contribution is -0.125. The smallest absolute Gasteiger partial charge is 0.240 e. The second-order valence-electron chi connectivity index (χ2n) is 8.03. The number of nitrogens with one attached hydrogen (secondary N) is 1. The van der Waals surface area contributed by atoms with Gasteiger partial charge in [0.15, 0.2) is 0 Å². The minimum absolute atomic E-state index is 0.142. The Kier molecular flexibility index (Phi) is 5.54. The maximum atomic E-state index is 12.2. The fourth-order valence-corrected chi connectivity index (χ4v) is 3.60. The van der Waals surface area contributed by atoms with Gasteiger partial charge < -0.3 is 19.7 Å². The maximum absolute atomic E-state index is 12.2. The lowest BCUT2D eigenvalue weighted by Crippen LogP contribution is -2.54. The number of carbonyl (C=O) groups excluding carboxylic acids is 1. The number of ether oxygens (including phenoxy) is 2. The monoisotopic (exact) mass is 405 g/mol. The lowest BCUT2D eigenvalue weighted by atomic mass is 10.0. The molecule has 2 aromatic rings. The fourth-order valence-electron chi connectivity index (χ4n) is 3.60. The van der Waals surface area contributed by atoms with Gasteiger partial charge in [-0.25, -0.2) is 0 Å². The van der Waals surface area contributed by atoms with Gasteiger partial charge in [0.05, 0.1) is 31.8 Å². The van der Waals surface area contributed by atoms with E-state index in [0.29, 0.717) is 19.4 Å². The molecule has 156 valence electrons. The first-order valence-corrected chi connectivity index (χ1v) is 10.5. The second kappa shape index (κ2) is 8.27. The van der Waals surface area contributed by atoms with Gasteiger partial charge in [0.25, 0.3) is 0 Å². The second-order valence-corrected chi connectivity index (χ2v) is 8.03. The first kappa shape index (κ1) is 20.1. The van der Waals surface area contributed by atoms with Crippen molar-refractivity contribution in [1.82, 2.24) is 5.32 Å². The summed E-state index contributed by atoms with van der Waals surface area (Å²) in [7, 11) is 0. The maximum Gasteiger partial charge on any atom is 0.240 e. The molecule has 0 spiro atoms. The van der Waals surface area contributed by atoms with Crippen LogP contribution in [0.3, 0.4) is 0 Å². The van der Waals surface area contributed by atoms with E-state index in [1.54, 1.807) is 0 Å². The molecule has 1 heterocycles. The molecule has 1 saturated heterocycles. The number of hydrogen-bond acceptors (Lipinski definition) is 5. The van der Waals surface area contributed by atoms with Gasteiger partial charge in [0.2, 0.25) is 5.91 Å². The van der Waals surface area contributed by atoms with E-state index in [1.807, 2.05) is 50.2 Å². The molecule has 1 amide bonds. The van der Waals surface area contributed by atoms with E-state index in [1.165, 1.54) is 5.69 Å². The standard InChI is InChI=1S/C24H27N3O3/c1-3-29-20-10-6-19(7-11-20)27-14-22(15-27)30-21-8-4-18(5-9-21)17(2)26-23(28)24(16-25)12-13-24/h4-11,17,22H,3,12-15H2,1-2H3,(H,26,28)/t17-/m0/s1. The van der Waals surface area contributed by atoms with Gasteiger partial charge in [0.1, 0.15) is 23.0 Å². The number of benzene rings is 2. The summed E-state index contributed by atoms with van der Waals surface area (Å²) in [5.74, 6) is 1.55. The third-order valence-electron chi connectivity index (χ3n) is 5.79. The predicted molar refractivity (Wildman–Crippen MR) is 115 cm³/mol. The topological polar surface area (TPSA) is 74.6 Å². The number of nitrogens with zero attached hydrogens (tertiary/aromatic N) is 2. The van der Waals surface area contributed by atoms with Gasteiger partial charge in [0, 0.05) is 5.69 Å². The Hall–Kier alpha value is -3.20. The number of amides is 1. The van der Waals surface area contributed by atoms with E-state index in [-0.39, 0.29) is 18.1 Å². The summed E-state index contributed by atoms with van der Waals surface area (Å²) in [5.41, 5.74) is 1.37. The zero-order valence-corrected chi connectivity index (χ0v) is 17.4. The molecule has 1 atom stereocenters. The van der Waals surface area contributed by atoms with E-state index >= 15 is 0 Å². The molecule has 30 heavy (non-hydrogen) atoms. The number of rotatable bonds is 8. The Bertz CT molecular complexity index is 924. The third-order valence-corrected chi connectivity index (χ3v) is 5.79. The van der Waals surface area contributed by atoms with Crippen LogP contribution < -0.4 is 19.7 Å². The summed E-state index contributed by atoms with van der Waals surface area (Å²) in [4.78, 5) is 14.5. The summed E-state index contributed by atoms with van der Waals surface area (Å²) in [6.45, 7) is 6.27. The number of carbonyl (C=O) groups is 1. The quantitative estimate of drug-likeness (QED) is 0.722. The van der Waals surface area contributed by atoms with Crippen LogP contribution in [0.1, 0.15) is 38.3 Å². The van der Waals surface area contributed by atoms with Crippen LogP contribution in [0.25, 0.3) is 0 Å². The molecule has 1 aliphatic heterocycles. The molecule has 0 aromatic heterocycles. The van der Waals surface area contributed by atoms with E-state index < -0.39 is 5.41 Å². The van der Waals surface area contributed by atoms with Crippen LogP contribution in [-0.2, 0) is 4.79 Å². The van der Waals surface area contributed by atoms with Crippen LogP contribution in [0.15, 0.2) is 48.5 Å². The zero-order chi connectivity index (χ0) is 21.1. The third kappa shape index (κ3) is 4.20. The van der Waals surface area contributed by atoms with Gasteiger partial charge in [-0.3, -0.25) is 4.79 Å². The minimum Gasteiger partial charge on any atom is -0.494 e. The highest BCUT2D eigenvalue weighted by atomic mass is 16.5. The van der Waals surface area contributed by atoms with Crippen LogP contribution in [0.5, 0.6) is 11.5 Å². The van der Waals surface area contributed by atoms with E-state index in [4.69, 9.17) is 14.7 Å². The summed E-state index contributed by atoms with van der Waals surface area (Å²) >= 11 is 0. The Labute approximate surface area is 177 Å². The zero-order valence-electron chi connectivity index (χ0n) is 17.4. The normalized spacial score (nSPS) is 18.0. The first-order chi connectivity index (χ1) is 14.5. The van der Waals surface area contributed by atoms with Gasteiger partial charge in [-0.05, 0) is 68.7 Å². The van der Waals surface area contributed by atoms with E-state index in [9.17, 15) is 4.79 Å². The highest BCUT2D eigenvalue weighted by Crippen LogP contribution is 2.45. The summed E-state index contributed by atoms with van der Waals surface area (Å²) < 4.78 is 11.5. The molecule has 1 N–H and O–H groups in total. The predicted octanol–water partition coefficient (Wildman–Crippen LogP) is 3.83. The molecule has 1 aliphatic carbocycles. The van der Waals surface area contributed by atoms with Crippen molar-refractivity contribution in [3.63, 3.8) is 0 Å². The summed E-state index contributed by atoms with van der Waals surface area (Å²) in [6, 6.07) is 17.9. The summed E-state index contributed by atoms with van der Waals surface area (Å²) in [5, 5.41) is 12.1. The number of hydrogen-bond donors (Lipinski definition) is 1. The van der Waals surface area contributed by atoms with Gasteiger partial charge in [-0.1, -0.05) is 12.1 Å². The molecule has 0 radical (unpaired) electrons. The van der Waals surface area contributed by atoms with Crippen molar-refractivity contribution in [3.05, 3.63) is 54.1 Å². The van der Waals surface area contributed by atoms with Gasteiger partial charge >= 0.3 is 0 Å². The Morgan fingerprint density at radius 3 is 2.37 bits per heavy atom. The Balaban J connectivity index is 1.25. The molecule has 2 fully saturated rings. The van der Waals surface area contributed by atoms with Crippen molar-refractivity contribution in [2.45, 2.75) is 38.8 Å². The minimum atomic E-state index is -0.795. The van der Waals surface area contributed by atoms with Crippen molar-refractivity contribution in [3.8, 4) is 17.6 Å². The van der Waals surface area contributed by atoms with Crippen molar-refractivity contribution in [2.24, 2.45) is 5.41 Å². The van der Waals surface area contributed by atoms with Crippen LogP contribution in [0.2, 0.25) is 0 Å². The Morgan fingerprint density at radius 2 is 1.80 bits per heavy atom. The molecule has 2 aliphatic rings. The molecule has 1 saturated carbocycles. The van der Waals surface area contributed by atoms with E-state index in [2.05, 4.69) is 28.4 Å². The number of nitriles is 1. The first-order valence-electron chi connectivity index (χ1n) is 10.5. The molecule has 4 rings (SSSR count). The highest BCUT2D eigenvalue weighted by Gasteiger charge is 2.50. The van der Waals surface area contributed by atoms with Crippen LogP contribution in [-0.4, -0.2) is 31.7 Å². The molecule has 0 unspecified atom stereocenters. The fraction of sp³-hybridized carbons (Fsp3) is 0.417. The number of anilines is 1. The largest absolute Gasteiger partial charge is 0.494 e. The summed E-state index contributed by atoms with van der Waals surface area (Å²) in [6.07, 6.45) is 1.47. The van der Waals surface area contributed by atoms with E-state index in [0.717, 1.165) is 30.2 Å². The van der Waals surface area contributed by atoms with Crippen molar-refractivity contribution in [2.75, 3.05) is 24.6 Å². The van der Waals surface area contributed by atoms with Crippen LogP contribution >= 0.6 is 0 Å². The molecule has 0 bridgehead atoms. The van der Waals surface area contributed by atoms with Crippen molar-refractivity contribution >= 4 is 11.6 Å². The average molecular weight is 405 g/mol. The average Bonchev–Trinajstić information content (AvgIpc) is 3.53. The SMILES string of the molecule is CCOc1ccc(N2CC(Oc3ccc([C@H](C)NC(=O)C4(C#N)CC4)cc3)C2)cc1. The van der Waals surface area contributed by atoms with Crippen molar-refractivity contribution < 1.29 is 14.3 Å². The molecule has 6 nitrogen and oxygen atoms in total. The van der Waals surface area contributed by atoms with Crippen molar-refractivity contribution in [1.29, 1.82) is 5.26 Å². The van der Waals surface area contributed by atoms with Crippen LogP contribution in [0, 0.1) is 16.7 Å². The highest BCUT2D eigenvalue weighted by molar-refractivity contribution is 5.88. The molecular weight excluding hydrogens is 378 g/mol. The van der Waals surface area contributed by atoms with Gasteiger partial charge in [-0.15, -0.1) is 0 Å². The lowest BCUT2D eigenvalue weighted by Gasteiger charge is -2.40. The van der Waals surface area contributed by atoms with Gasteiger partial charge in [-0.2, -0.15) is 5.26 Å². The molecule has 6 heteroatoms. The Morgan fingerprint density at radius 1 is 1.17 bits per heavy atom.